The van der Waals surface area contributed by atoms with E-state index in [0.717, 1.165) is 19.3 Å². The minimum Gasteiger partial charge on any atom is -0.263 e. The highest BCUT2D eigenvalue weighted by Crippen LogP contribution is 2.21. The van der Waals surface area contributed by atoms with Crippen LogP contribution in [0.2, 0.25) is 5.02 Å². The van der Waals surface area contributed by atoms with E-state index in [1.165, 1.54) is 18.5 Å². The monoisotopic (exact) mass is 286 g/mol. The van der Waals surface area contributed by atoms with Gasteiger partial charge in [0, 0.05) is 18.9 Å². The highest BCUT2D eigenvalue weighted by atomic mass is 35.5. The molecule has 6 heteroatoms. The Balaban J connectivity index is 2.04. The van der Waals surface area contributed by atoms with E-state index in [4.69, 9.17) is 11.6 Å². The lowest BCUT2D eigenvalue weighted by Crippen LogP contribution is -2.30. The van der Waals surface area contributed by atoms with Crippen LogP contribution in [0, 0.1) is 5.92 Å². The van der Waals surface area contributed by atoms with Crippen molar-refractivity contribution in [3.05, 3.63) is 35.6 Å². The van der Waals surface area contributed by atoms with Crippen LogP contribution in [-0.2, 0) is 10.0 Å². The lowest BCUT2D eigenvalue weighted by molar-refractivity contribution is 0.468. The van der Waals surface area contributed by atoms with E-state index in [9.17, 15) is 8.42 Å². The topological polar surface area (TPSA) is 59.1 Å². The molecule has 0 amide bonds. The third-order valence-electron chi connectivity index (χ3n) is 2.96. The fraction of sp³-hybridized carbons (Fsp3) is 0.417. The van der Waals surface area contributed by atoms with Crippen molar-refractivity contribution >= 4 is 21.6 Å². The van der Waals surface area contributed by atoms with Crippen molar-refractivity contribution < 1.29 is 8.42 Å². The summed E-state index contributed by atoms with van der Waals surface area (Å²) in [6, 6.07) is 1.47. The number of rotatable bonds is 4. The first-order valence-corrected chi connectivity index (χ1v) is 7.70. The molecular weight excluding hydrogens is 272 g/mol. The van der Waals surface area contributed by atoms with Crippen LogP contribution in [0.3, 0.4) is 0 Å². The summed E-state index contributed by atoms with van der Waals surface area (Å²) in [7, 11) is -3.56. The number of pyridine rings is 1. The Morgan fingerprint density at radius 2 is 2.28 bits per heavy atom. The number of hydrogen-bond acceptors (Lipinski definition) is 3. The van der Waals surface area contributed by atoms with Gasteiger partial charge in [-0.1, -0.05) is 23.8 Å². The summed E-state index contributed by atoms with van der Waals surface area (Å²) < 4.78 is 26.7. The molecular formula is C12H15ClN2O2S. The van der Waals surface area contributed by atoms with Crippen molar-refractivity contribution in [2.75, 3.05) is 6.54 Å². The van der Waals surface area contributed by atoms with Crippen LogP contribution in [0.15, 0.2) is 35.5 Å². The molecule has 18 heavy (non-hydrogen) atoms. The molecule has 0 aromatic carbocycles. The molecule has 1 atom stereocenters. The van der Waals surface area contributed by atoms with Crippen LogP contribution in [-0.4, -0.2) is 19.9 Å². The van der Waals surface area contributed by atoms with Crippen molar-refractivity contribution in [2.24, 2.45) is 5.92 Å². The molecule has 1 aliphatic carbocycles. The molecule has 1 aliphatic rings. The summed E-state index contributed by atoms with van der Waals surface area (Å²) in [4.78, 5) is 3.83. The molecule has 2 rings (SSSR count). The fourth-order valence-electron chi connectivity index (χ4n) is 1.91. The molecule has 0 aliphatic heterocycles. The van der Waals surface area contributed by atoms with Crippen molar-refractivity contribution in [3.63, 3.8) is 0 Å². The standard InChI is InChI=1S/C12H15ClN2O2S/c13-11-6-7-14-9-12(11)18(16,17)15-8-10-4-2-1-3-5-10/h1-2,6-7,9-10,15H,3-5,8H2. The third-order valence-corrected chi connectivity index (χ3v) is 4.86. The lowest BCUT2D eigenvalue weighted by atomic mass is 9.95. The van der Waals surface area contributed by atoms with E-state index < -0.39 is 10.0 Å². The zero-order chi connectivity index (χ0) is 13.0. The number of aromatic nitrogens is 1. The Morgan fingerprint density at radius 1 is 1.44 bits per heavy atom. The number of hydrogen-bond donors (Lipinski definition) is 1. The van der Waals surface area contributed by atoms with E-state index in [1.54, 1.807) is 0 Å². The number of halogens is 1. The van der Waals surface area contributed by atoms with E-state index in [-0.39, 0.29) is 9.92 Å². The van der Waals surface area contributed by atoms with Crippen molar-refractivity contribution in [1.29, 1.82) is 0 Å². The van der Waals surface area contributed by atoms with Gasteiger partial charge in [0.25, 0.3) is 0 Å². The maximum Gasteiger partial charge on any atom is 0.243 e. The van der Waals surface area contributed by atoms with Gasteiger partial charge in [0.2, 0.25) is 10.0 Å². The number of allylic oxidation sites excluding steroid dienone is 2. The summed E-state index contributed by atoms with van der Waals surface area (Å²) in [6.45, 7) is 0.442. The van der Waals surface area contributed by atoms with Gasteiger partial charge in [-0.2, -0.15) is 0 Å². The molecule has 98 valence electrons. The minimum atomic E-state index is -3.56. The van der Waals surface area contributed by atoms with Crippen molar-refractivity contribution in [2.45, 2.75) is 24.2 Å². The summed E-state index contributed by atoms with van der Waals surface area (Å²) in [5, 5.41) is 0.195. The molecule has 1 aromatic rings. The van der Waals surface area contributed by atoms with E-state index in [0.29, 0.717) is 12.5 Å². The summed E-state index contributed by atoms with van der Waals surface area (Å²) >= 11 is 5.86. The second-order valence-electron chi connectivity index (χ2n) is 4.31. The highest BCUT2D eigenvalue weighted by molar-refractivity contribution is 7.89. The van der Waals surface area contributed by atoms with Gasteiger partial charge in [-0.05, 0) is 31.2 Å². The van der Waals surface area contributed by atoms with Crippen LogP contribution in [0.1, 0.15) is 19.3 Å². The molecule has 1 N–H and O–H groups in total. The van der Waals surface area contributed by atoms with Gasteiger partial charge in [0.05, 0.1) is 5.02 Å². The quantitative estimate of drug-likeness (QED) is 0.865. The average Bonchev–Trinajstić information content (AvgIpc) is 2.38. The summed E-state index contributed by atoms with van der Waals surface area (Å²) in [6.07, 6.45) is 9.91. The molecule has 0 saturated heterocycles. The normalized spacial score (nSPS) is 19.9. The second kappa shape index (κ2) is 5.82. The van der Waals surface area contributed by atoms with Crippen LogP contribution in [0.4, 0.5) is 0 Å². The Hall–Kier alpha value is -0.910. The SMILES string of the molecule is O=S(=O)(NCC1CC=CCC1)c1cnccc1Cl. The Morgan fingerprint density at radius 3 is 2.94 bits per heavy atom. The smallest absolute Gasteiger partial charge is 0.243 e. The molecule has 0 saturated carbocycles. The van der Waals surface area contributed by atoms with Gasteiger partial charge in [-0.15, -0.1) is 0 Å². The molecule has 0 spiro atoms. The fourth-order valence-corrected chi connectivity index (χ4v) is 3.45. The van der Waals surface area contributed by atoms with Gasteiger partial charge < -0.3 is 0 Å². The van der Waals surface area contributed by atoms with Crippen molar-refractivity contribution in [3.8, 4) is 0 Å². The summed E-state index contributed by atoms with van der Waals surface area (Å²) in [5.41, 5.74) is 0. The Labute approximate surface area is 112 Å². The van der Waals surface area contributed by atoms with Gasteiger partial charge in [-0.25, -0.2) is 13.1 Å². The van der Waals surface area contributed by atoms with Crippen molar-refractivity contribution in [1.82, 2.24) is 9.71 Å². The second-order valence-corrected chi connectivity index (χ2v) is 6.45. The van der Waals surface area contributed by atoms with Crippen LogP contribution in [0.25, 0.3) is 0 Å². The van der Waals surface area contributed by atoms with Crippen LogP contribution >= 0.6 is 11.6 Å². The van der Waals surface area contributed by atoms with E-state index in [2.05, 4.69) is 21.9 Å². The first-order valence-electron chi connectivity index (χ1n) is 5.84. The highest BCUT2D eigenvalue weighted by Gasteiger charge is 2.20. The first-order chi connectivity index (χ1) is 8.59. The predicted molar refractivity (Wildman–Crippen MR) is 70.9 cm³/mol. The van der Waals surface area contributed by atoms with E-state index >= 15 is 0 Å². The molecule has 1 heterocycles. The minimum absolute atomic E-state index is 0.0398. The Bertz CT molecular complexity index is 543. The molecule has 0 radical (unpaired) electrons. The predicted octanol–water partition coefficient (Wildman–Crippen LogP) is 2.37. The molecule has 4 nitrogen and oxygen atoms in total. The van der Waals surface area contributed by atoms with Gasteiger partial charge >= 0.3 is 0 Å². The lowest BCUT2D eigenvalue weighted by Gasteiger charge is -2.18. The number of nitrogens with zero attached hydrogens (tertiary/aromatic N) is 1. The third kappa shape index (κ3) is 3.31. The largest absolute Gasteiger partial charge is 0.263 e. The zero-order valence-corrected chi connectivity index (χ0v) is 11.4. The molecule has 0 bridgehead atoms. The summed E-state index contributed by atoms with van der Waals surface area (Å²) in [5.74, 6) is 0.361. The van der Waals surface area contributed by atoms with Gasteiger partial charge in [0.1, 0.15) is 4.90 Å². The number of sulfonamides is 1. The van der Waals surface area contributed by atoms with Crippen LogP contribution < -0.4 is 4.72 Å². The average molecular weight is 287 g/mol. The zero-order valence-electron chi connectivity index (χ0n) is 9.84. The van der Waals surface area contributed by atoms with Crippen LogP contribution in [0.5, 0.6) is 0 Å². The number of nitrogens with one attached hydrogen (secondary N) is 1. The van der Waals surface area contributed by atoms with E-state index in [1.807, 2.05) is 0 Å². The first kappa shape index (κ1) is 13.5. The molecule has 0 fully saturated rings. The molecule has 1 aromatic heterocycles. The Kier molecular flexibility index (Phi) is 4.37. The molecule has 1 unspecified atom stereocenters. The maximum atomic E-state index is 12.0. The van der Waals surface area contributed by atoms with Gasteiger partial charge in [-0.3, -0.25) is 4.98 Å². The maximum absolute atomic E-state index is 12.0. The van der Waals surface area contributed by atoms with Gasteiger partial charge in [0.15, 0.2) is 0 Å².